The fourth-order valence-corrected chi connectivity index (χ4v) is 2.80. The first kappa shape index (κ1) is 18.8. The maximum atomic E-state index is 3.34. The molecular formula is C23H29N2+. The molecule has 2 nitrogen and oxygen atoms in total. The van der Waals surface area contributed by atoms with Gasteiger partial charge in [-0.1, -0.05) is 6.07 Å². The third-order valence-corrected chi connectivity index (χ3v) is 4.46. The van der Waals surface area contributed by atoms with Crippen molar-refractivity contribution in [2.45, 2.75) is 20.8 Å². The Kier molecular flexibility index (Phi) is 6.01. The van der Waals surface area contributed by atoms with Crippen molar-refractivity contribution in [1.29, 1.82) is 0 Å². The first-order valence-electron chi connectivity index (χ1n) is 8.62. The zero-order chi connectivity index (χ0) is 18.6. The van der Waals surface area contributed by atoms with Crippen LogP contribution in [-0.2, 0) is 0 Å². The lowest BCUT2D eigenvalue weighted by molar-refractivity contribution is -0.462. The molecule has 0 radical (unpaired) electrons. The molecule has 0 saturated carbocycles. The minimum atomic E-state index is 1.20. The van der Waals surface area contributed by atoms with Crippen LogP contribution < -0.4 is 4.90 Å². The van der Waals surface area contributed by atoms with Crippen LogP contribution in [0.4, 0.5) is 5.69 Å². The van der Waals surface area contributed by atoms with Crippen LogP contribution in [0.15, 0.2) is 65.0 Å². The summed E-state index contributed by atoms with van der Waals surface area (Å²) >= 11 is 0. The van der Waals surface area contributed by atoms with Crippen LogP contribution in [0.25, 0.3) is 6.08 Å². The van der Waals surface area contributed by atoms with Crippen LogP contribution in [0.2, 0.25) is 0 Å². The molecular weight excluding hydrogens is 304 g/mol. The Morgan fingerprint density at radius 2 is 1.84 bits per heavy atom. The number of nitrogens with zero attached hydrogens (tertiary/aromatic N) is 2. The smallest absolute Gasteiger partial charge is 0.199 e. The summed E-state index contributed by atoms with van der Waals surface area (Å²) in [5.74, 6) is 0. The summed E-state index contributed by atoms with van der Waals surface area (Å²) in [6, 6.07) is 6.49. The van der Waals surface area contributed by atoms with E-state index in [4.69, 9.17) is 0 Å². The number of allylic oxidation sites excluding steroid dienone is 7. The topological polar surface area (TPSA) is 6.25 Å². The van der Waals surface area contributed by atoms with E-state index < -0.39 is 0 Å². The molecule has 1 aliphatic rings. The zero-order valence-electron chi connectivity index (χ0n) is 16.5. The minimum absolute atomic E-state index is 1.20. The van der Waals surface area contributed by atoms with Gasteiger partial charge in [-0.2, -0.15) is 0 Å². The first-order chi connectivity index (χ1) is 11.8. The molecule has 1 aromatic carbocycles. The molecule has 1 aromatic rings. The Labute approximate surface area is 152 Å². The summed E-state index contributed by atoms with van der Waals surface area (Å²) in [6.45, 7) is 6.44. The van der Waals surface area contributed by atoms with E-state index in [-0.39, 0.29) is 0 Å². The number of hydrogen-bond acceptors (Lipinski definition) is 1. The van der Waals surface area contributed by atoms with Crippen molar-refractivity contribution in [3.05, 3.63) is 76.1 Å². The highest BCUT2D eigenvalue weighted by atomic mass is 15.1. The highest BCUT2D eigenvalue weighted by Crippen LogP contribution is 2.21. The van der Waals surface area contributed by atoms with E-state index >= 15 is 0 Å². The first-order valence-corrected chi connectivity index (χ1v) is 8.62. The lowest BCUT2D eigenvalue weighted by atomic mass is 9.95. The predicted molar refractivity (Wildman–Crippen MR) is 111 cm³/mol. The van der Waals surface area contributed by atoms with Crippen molar-refractivity contribution < 1.29 is 4.58 Å². The molecule has 0 unspecified atom stereocenters. The van der Waals surface area contributed by atoms with Crippen molar-refractivity contribution in [1.82, 2.24) is 0 Å². The molecule has 1 aliphatic carbocycles. The second kappa shape index (κ2) is 8.00. The van der Waals surface area contributed by atoms with Crippen molar-refractivity contribution in [3.8, 4) is 0 Å². The van der Waals surface area contributed by atoms with Crippen molar-refractivity contribution in [2.75, 3.05) is 33.1 Å². The van der Waals surface area contributed by atoms with Crippen LogP contribution in [0.1, 0.15) is 25.0 Å². The van der Waals surface area contributed by atoms with E-state index in [1.807, 2.05) is 0 Å². The molecule has 0 atom stereocenters. The van der Waals surface area contributed by atoms with Crippen LogP contribution in [0, 0.1) is 6.92 Å². The Hall–Kier alpha value is -2.57. The Balaban J connectivity index is 2.27. The highest BCUT2D eigenvalue weighted by Gasteiger charge is 2.10. The second-order valence-corrected chi connectivity index (χ2v) is 6.97. The maximum absolute atomic E-state index is 3.34. The van der Waals surface area contributed by atoms with Gasteiger partial charge in [0.2, 0.25) is 0 Å². The fraction of sp³-hybridized carbons (Fsp3) is 0.304. The van der Waals surface area contributed by atoms with Crippen molar-refractivity contribution in [3.63, 3.8) is 0 Å². The van der Waals surface area contributed by atoms with Crippen LogP contribution in [0.3, 0.4) is 0 Å². The van der Waals surface area contributed by atoms with Gasteiger partial charge in [0.15, 0.2) is 5.71 Å². The molecule has 25 heavy (non-hydrogen) atoms. The van der Waals surface area contributed by atoms with E-state index in [1.165, 1.54) is 39.2 Å². The normalized spacial score (nSPS) is 15.3. The molecule has 130 valence electrons. The van der Waals surface area contributed by atoms with Gasteiger partial charge in [0.25, 0.3) is 0 Å². The number of benzene rings is 1. The third-order valence-electron chi connectivity index (χ3n) is 4.46. The van der Waals surface area contributed by atoms with Gasteiger partial charge in [-0.15, -0.1) is 5.73 Å². The van der Waals surface area contributed by atoms with Gasteiger partial charge in [0, 0.05) is 31.9 Å². The van der Waals surface area contributed by atoms with Crippen LogP contribution in [0.5, 0.6) is 0 Å². The lowest BCUT2D eigenvalue weighted by Crippen LogP contribution is -2.11. The predicted octanol–water partition coefficient (Wildman–Crippen LogP) is 4.78. The molecule has 0 spiro atoms. The van der Waals surface area contributed by atoms with Gasteiger partial charge in [-0.25, -0.2) is 4.58 Å². The van der Waals surface area contributed by atoms with Crippen LogP contribution in [-0.4, -0.2) is 38.5 Å². The minimum Gasteiger partial charge on any atom is -0.378 e. The largest absolute Gasteiger partial charge is 0.378 e. The number of aryl methyl sites for hydroxylation is 1. The molecule has 2 rings (SSSR count). The van der Waals surface area contributed by atoms with E-state index in [2.05, 4.69) is 113 Å². The number of hydrogen-bond donors (Lipinski definition) is 0. The molecule has 0 saturated heterocycles. The Bertz CT molecular complexity index is 848. The molecule has 0 aliphatic heterocycles. The fourth-order valence-electron chi connectivity index (χ4n) is 2.80. The summed E-state index contributed by atoms with van der Waals surface area (Å²) in [6.07, 6.45) is 10.7. The third kappa shape index (κ3) is 4.71. The number of rotatable bonds is 3. The van der Waals surface area contributed by atoms with Crippen molar-refractivity contribution in [2.24, 2.45) is 0 Å². The van der Waals surface area contributed by atoms with E-state index in [0.717, 1.165) is 0 Å². The van der Waals surface area contributed by atoms with E-state index in [9.17, 15) is 0 Å². The summed E-state index contributed by atoms with van der Waals surface area (Å²) in [4.78, 5) is 2.12. The van der Waals surface area contributed by atoms with Gasteiger partial charge in [-0.3, -0.25) is 0 Å². The number of anilines is 1. The van der Waals surface area contributed by atoms with Gasteiger partial charge in [0.1, 0.15) is 14.1 Å². The van der Waals surface area contributed by atoms with Crippen LogP contribution >= 0.6 is 0 Å². The SMILES string of the molecule is CC1=CC(=[N+](C)C)C=CC1=C(C)C=C=Cc1ccc(N(C)C)cc1C. The Morgan fingerprint density at radius 1 is 1.12 bits per heavy atom. The molecule has 0 heterocycles. The molecule has 0 aromatic heterocycles. The average molecular weight is 333 g/mol. The standard InChI is InChI=1S/C23H29N2/c1-17(23-14-13-22(25(6)7)16-19(23)3)9-8-10-20-11-12-21(24(4)5)15-18(20)2/h9-16H,1-7H3/q+1. The van der Waals surface area contributed by atoms with Crippen molar-refractivity contribution >= 4 is 17.5 Å². The Morgan fingerprint density at radius 3 is 2.40 bits per heavy atom. The van der Waals surface area contributed by atoms with Gasteiger partial charge in [0.05, 0.1) is 0 Å². The quantitative estimate of drug-likeness (QED) is 0.570. The molecule has 0 N–H and O–H groups in total. The lowest BCUT2D eigenvalue weighted by Gasteiger charge is -2.13. The summed E-state index contributed by atoms with van der Waals surface area (Å²) in [5, 5.41) is 0. The zero-order valence-corrected chi connectivity index (χ0v) is 16.5. The molecule has 0 fully saturated rings. The maximum Gasteiger partial charge on any atom is 0.199 e. The average Bonchev–Trinajstić information content (AvgIpc) is 2.55. The van der Waals surface area contributed by atoms with Gasteiger partial charge >= 0.3 is 0 Å². The van der Waals surface area contributed by atoms with Gasteiger partial charge < -0.3 is 4.90 Å². The van der Waals surface area contributed by atoms with E-state index in [0.29, 0.717) is 0 Å². The second-order valence-electron chi connectivity index (χ2n) is 6.97. The molecule has 0 amide bonds. The summed E-state index contributed by atoms with van der Waals surface area (Å²) < 4.78 is 2.13. The summed E-state index contributed by atoms with van der Waals surface area (Å²) in [7, 11) is 8.26. The summed E-state index contributed by atoms with van der Waals surface area (Å²) in [5.41, 5.74) is 12.0. The van der Waals surface area contributed by atoms with E-state index in [1.54, 1.807) is 0 Å². The molecule has 2 heteroatoms. The molecule has 0 bridgehead atoms. The van der Waals surface area contributed by atoms with Gasteiger partial charge in [-0.05, 0) is 79.0 Å². The highest BCUT2D eigenvalue weighted by molar-refractivity contribution is 6.03. The monoisotopic (exact) mass is 333 g/mol.